The van der Waals surface area contributed by atoms with Crippen LogP contribution < -0.4 is 21.6 Å². The van der Waals surface area contributed by atoms with Crippen LogP contribution in [-0.2, 0) is 23.4 Å². The molecular formula is C27H37FN5O8P. The number of nitrogen functional groups attached to an aromatic ring is 1. The number of hydrogen-bond donors (Lipinski definition) is 4. The van der Waals surface area contributed by atoms with Gasteiger partial charge in [-0.2, -0.15) is 4.98 Å². The molecule has 3 aromatic rings. The maximum Gasteiger partial charge on any atom is 0.380 e. The summed E-state index contributed by atoms with van der Waals surface area (Å²) in [7, 11) is -4.19. The number of esters is 1. The van der Waals surface area contributed by atoms with E-state index >= 15 is 0 Å². The summed E-state index contributed by atoms with van der Waals surface area (Å²) in [6.07, 6.45) is -3.75. The molecule has 2 aromatic heterocycles. The lowest BCUT2D eigenvalue weighted by molar-refractivity contribution is -0.151. The monoisotopic (exact) mass is 609 g/mol. The van der Waals surface area contributed by atoms with E-state index in [0.717, 1.165) is 0 Å². The van der Waals surface area contributed by atoms with Crippen LogP contribution in [0.15, 0.2) is 47.4 Å². The van der Waals surface area contributed by atoms with Gasteiger partial charge in [0.05, 0.1) is 23.6 Å². The van der Waals surface area contributed by atoms with E-state index in [2.05, 4.69) is 9.97 Å². The molecule has 1 aliphatic rings. The first-order chi connectivity index (χ1) is 19.6. The second-order valence-corrected chi connectivity index (χ2v) is 13.2. The maximum absolute atomic E-state index is 14.6. The third kappa shape index (κ3) is 6.23. The predicted octanol–water partition coefficient (Wildman–Crippen LogP) is 2.89. The molecular weight excluding hydrogens is 572 g/mol. The number of benzene rings is 1. The molecule has 0 amide bonds. The molecule has 0 bridgehead atoms. The van der Waals surface area contributed by atoms with Crippen molar-refractivity contribution in [2.45, 2.75) is 70.3 Å². The highest BCUT2D eigenvalue weighted by Crippen LogP contribution is 2.55. The molecule has 4 rings (SSSR count). The van der Waals surface area contributed by atoms with Crippen LogP contribution in [-0.4, -0.2) is 67.9 Å². The summed E-state index contributed by atoms with van der Waals surface area (Å²) in [4.78, 5) is 31.5. The molecule has 42 heavy (non-hydrogen) atoms. The van der Waals surface area contributed by atoms with Crippen LogP contribution in [0.4, 0.5) is 10.3 Å². The third-order valence-electron chi connectivity index (χ3n) is 6.96. The molecule has 230 valence electrons. The number of ether oxygens (including phenoxy) is 2. The Hall–Kier alpha value is -3.29. The van der Waals surface area contributed by atoms with Crippen molar-refractivity contribution in [2.75, 3.05) is 18.6 Å². The molecule has 13 nitrogen and oxygen atoms in total. The number of carbonyl (C=O) groups is 1. The van der Waals surface area contributed by atoms with E-state index in [9.17, 15) is 23.7 Å². The van der Waals surface area contributed by atoms with E-state index in [0.29, 0.717) is 0 Å². The minimum Gasteiger partial charge on any atom is -0.463 e. The third-order valence-corrected chi connectivity index (χ3v) is 9.19. The molecule has 0 spiro atoms. The number of rotatable bonds is 11. The fourth-order valence-corrected chi connectivity index (χ4v) is 7.20. The van der Waals surface area contributed by atoms with Crippen LogP contribution in [0, 0.1) is 5.92 Å². The van der Waals surface area contributed by atoms with Crippen LogP contribution in [0.25, 0.3) is 11.0 Å². The van der Waals surface area contributed by atoms with Gasteiger partial charge in [0.2, 0.25) is 5.95 Å². The first-order valence-electron chi connectivity index (χ1n) is 13.4. The van der Waals surface area contributed by atoms with Gasteiger partial charge in [-0.1, -0.05) is 25.1 Å². The molecule has 0 saturated carbocycles. The first-order valence-corrected chi connectivity index (χ1v) is 15.1. The minimum absolute atomic E-state index is 0.0617. The number of aromatic nitrogens is 3. The van der Waals surface area contributed by atoms with E-state index in [4.69, 9.17) is 30.0 Å². The predicted molar refractivity (Wildman–Crippen MR) is 153 cm³/mol. The minimum atomic E-state index is -4.19. The van der Waals surface area contributed by atoms with Crippen LogP contribution in [0.5, 0.6) is 5.75 Å². The van der Waals surface area contributed by atoms with Gasteiger partial charge in [-0.25, -0.2) is 8.96 Å². The van der Waals surface area contributed by atoms with Gasteiger partial charge in [-0.3, -0.25) is 19.1 Å². The Bertz CT molecular complexity index is 1530. The van der Waals surface area contributed by atoms with Crippen LogP contribution in [0.1, 0.15) is 40.8 Å². The van der Waals surface area contributed by atoms with Crippen molar-refractivity contribution in [1.29, 1.82) is 0 Å². The molecule has 1 fully saturated rings. The van der Waals surface area contributed by atoms with Gasteiger partial charge in [0.25, 0.3) is 5.56 Å². The van der Waals surface area contributed by atoms with Gasteiger partial charge in [0, 0.05) is 6.20 Å². The molecule has 0 aliphatic carbocycles. The van der Waals surface area contributed by atoms with Crippen molar-refractivity contribution in [2.24, 2.45) is 11.7 Å². The van der Waals surface area contributed by atoms with Crippen LogP contribution in [0.2, 0.25) is 0 Å². The number of aliphatic hydroxyl groups excluding tert-OH is 1. The smallest absolute Gasteiger partial charge is 0.380 e. The van der Waals surface area contributed by atoms with Gasteiger partial charge in [0.1, 0.15) is 35.8 Å². The Labute approximate surface area is 241 Å². The Morgan fingerprint density at radius 1 is 1.29 bits per heavy atom. The zero-order chi connectivity index (χ0) is 31.0. The molecule has 1 unspecified atom stereocenters. The molecule has 1 aromatic carbocycles. The Balaban J connectivity index is 1.68. The number of fused-ring (bicyclic) bond motifs is 1. The summed E-state index contributed by atoms with van der Waals surface area (Å²) in [6, 6.07) is 9.67. The summed E-state index contributed by atoms with van der Waals surface area (Å²) in [5.74, 6) is -1.45. The number of halogens is 1. The summed E-state index contributed by atoms with van der Waals surface area (Å²) in [5, 5.41) is 11.5. The van der Waals surface area contributed by atoms with Crippen LogP contribution >= 0.6 is 7.60 Å². The molecule has 1 aliphatic heterocycles. The highest BCUT2D eigenvalue weighted by atomic mass is 31.2. The number of nitrogens with zero attached hydrogens (tertiary/aromatic N) is 2. The molecule has 6 N–H and O–H groups in total. The second kappa shape index (κ2) is 11.8. The zero-order valence-electron chi connectivity index (χ0n) is 24.0. The number of anilines is 1. The fourth-order valence-electron chi connectivity index (χ4n) is 4.93. The number of aromatic amines is 1. The van der Waals surface area contributed by atoms with Crippen molar-refractivity contribution in [3.8, 4) is 5.75 Å². The van der Waals surface area contributed by atoms with Gasteiger partial charge < -0.3 is 35.1 Å². The van der Waals surface area contributed by atoms with Crippen molar-refractivity contribution < 1.29 is 37.4 Å². The molecule has 6 atom stereocenters. The highest BCUT2D eigenvalue weighted by molar-refractivity contribution is 7.54. The van der Waals surface area contributed by atoms with Crippen LogP contribution in [0.3, 0.4) is 0 Å². The van der Waals surface area contributed by atoms with E-state index in [-0.39, 0.29) is 28.9 Å². The number of nitrogens with two attached hydrogens (primary N) is 2. The van der Waals surface area contributed by atoms with E-state index < -0.39 is 67.4 Å². The van der Waals surface area contributed by atoms with E-state index in [1.54, 1.807) is 44.2 Å². The molecule has 1 saturated heterocycles. The lowest BCUT2D eigenvalue weighted by Gasteiger charge is -2.37. The quantitative estimate of drug-likeness (QED) is 0.184. The Morgan fingerprint density at radius 3 is 2.57 bits per heavy atom. The average molecular weight is 610 g/mol. The summed E-state index contributed by atoms with van der Waals surface area (Å²) in [5.41, 5.74) is 8.02. The van der Waals surface area contributed by atoms with Gasteiger partial charge in [-0.05, 0) is 45.9 Å². The van der Waals surface area contributed by atoms with Crippen molar-refractivity contribution >= 4 is 30.5 Å². The second-order valence-electron chi connectivity index (χ2n) is 11.3. The van der Waals surface area contributed by atoms with E-state index in [1.807, 2.05) is 0 Å². The number of aliphatic hydroxyl groups is 1. The standard InChI is InChI=1S/C27H37FN5O8P/c1-15(2)38-23(36)16(3)13-42(37,40-17-9-7-6-8-10-17)41-26(4,5)20-19(34)27(30,14-28)24(39-20)33-12-11-18-21(33)31-25(29)32-22(18)35/h6-12,15-16,19-20,24,34H,13-14,30H2,1-5H3,(H3,29,31,32,35)/t16-,19+,20+,24-,27?,42-/m1/s1. The topological polar surface area (TPSA) is 194 Å². The summed E-state index contributed by atoms with van der Waals surface area (Å²) >= 11 is 0. The number of para-hydroxylation sites is 1. The lowest BCUT2D eigenvalue weighted by Crippen LogP contribution is -2.58. The largest absolute Gasteiger partial charge is 0.463 e. The first kappa shape index (κ1) is 31.6. The average Bonchev–Trinajstić information content (AvgIpc) is 3.42. The van der Waals surface area contributed by atoms with E-state index in [1.165, 1.54) is 37.6 Å². The number of hydrogen-bond acceptors (Lipinski definition) is 11. The highest BCUT2D eigenvalue weighted by Gasteiger charge is 2.61. The normalized spacial score (nSPS) is 24.9. The molecule has 0 radical (unpaired) electrons. The Kier molecular flexibility index (Phi) is 8.87. The van der Waals surface area contributed by atoms with Crippen molar-refractivity contribution in [3.63, 3.8) is 0 Å². The van der Waals surface area contributed by atoms with Gasteiger partial charge in [0.15, 0.2) is 11.9 Å². The number of nitrogens with one attached hydrogen (secondary N) is 1. The number of carbonyl (C=O) groups excluding carboxylic acids is 1. The number of alkyl halides is 1. The Morgan fingerprint density at radius 2 is 1.95 bits per heavy atom. The fraction of sp³-hybridized carbons (Fsp3) is 0.519. The maximum atomic E-state index is 14.6. The van der Waals surface area contributed by atoms with Gasteiger partial charge >= 0.3 is 13.6 Å². The number of H-pyrrole nitrogens is 1. The molecule has 3 heterocycles. The SMILES string of the molecule is CC(C)OC(=O)[C@H](C)C[P@@](=O)(Oc1ccccc1)OC(C)(C)[C@H]1O[C@@H](n2ccc3c(=O)[nH]c(N)nc32)C(N)(CF)[C@H]1O. The summed E-state index contributed by atoms with van der Waals surface area (Å²) in [6.45, 7) is 6.64. The lowest BCUT2D eigenvalue weighted by atomic mass is 9.86. The van der Waals surface area contributed by atoms with Crippen molar-refractivity contribution in [1.82, 2.24) is 14.5 Å². The zero-order valence-corrected chi connectivity index (χ0v) is 24.9. The van der Waals surface area contributed by atoms with Crippen molar-refractivity contribution in [3.05, 3.63) is 52.9 Å². The van der Waals surface area contributed by atoms with Gasteiger partial charge in [-0.15, -0.1) is 0 Å². The summed E-state index contributed by atoms with van der Waals surface area (Å²) < 4.78 is 53.6. The molecule has 15 heteroatoms.